The van der Waals surface area contributed by atoms with Crippen LogP contribution >= 0.6 is 15.9 Å². The lowest BCUT2D eigenvalue weighted by Gasteiger charge is -2.19. The number of aromatic nitrogens is 3. The molecule has 1 aliphatic rings. The Hall–Kier alpha value is -1.10. The minimum Gasteiger partial charge on any atom is -0.370 e. The molecule has 0 N–H and O–H groups in total. The maximum Gasteiger partial charge on any atom is 0.112 e. The maximum absolute atomic E-state index is 4.52. The number of fused-ring (bicyclic) bond motifs is 1. The van der Waals surface area contributed by atoms with Crippen molar-refractivity contribution in [2.75, 3.05) is 18.0 Å². The molecule has 96 valence electrons. The van der Waals surface area contributed by atoms with Gasteiger partial charge >= 0.3 is 0 Å². The molecule has 3 rings (SSSR count). The Balaban J connectivity index is 2.16. The Labute approximate surface area is 115 Å². The quantitative estimate of drug-likeness (QED) is 0.817. The average molecular weight is 309 g/mol. The van der Waals surface area contributed by atoms with Crippen molar-refractivity contribution in [2.24, 2.45) is 0 Å². The standard InChI is InChI=1S/C13H17BrN4/c1-2-5-18-13-10(9-15-18)16-12(14)8-11(13)17-6-3-4-7-17/h8-9H,2-7H2,1H3. The smallest absolute Gasteiger partial charge is 0.112 e. The number of pyridine rings is 1. The predicted molar refractivity (Wildman–Crippen MR) is 77.0 cm³/mol. The highest BCUT2D eigenvalue weighted by molar-refractivity contribution is 9.10. The van der Waals surface area contributed by atoms with E-state index in [-0.39, 0.29) is 0 Å². The molecule has 0 bridgehead atoms. The second-order valence-corrected chi connectivity index (χ2v) is 5.57. The molecule has 5 heteroatoms. The zero-order valence-electron chi connectivity index (χ0n) is 10.6. The summed E-state index contributed by atoms with van der Waals surface area (Å²) in [5.74, 6) is 0. The van der Waals surface area contributed by atoms with Crippen LogP contribution in [-0.2, 0) is 6.54 Å². The number of nitrogens with zero attached hydrogens (tertiary/aromatic N) is 4. The van der Waals surface area contributed by atoms with Crippen molar-refractivity contribution in [3.8, 4) is 0 Å². The summed E-state index contributed by atoms with van der Waals surface area (Å²) in [7, 11) is 0. The number of rotatable bonds is 3. The molecule has 1 fully saturated rings. The van der Waals surface area contributed by atoms with Gasteiger partial charge in [-0.15, -0.1) is 0 Å². The van der Waals surface area contributed by atoms with Gasteiger partial charge in [0.2, 0.25) is 0 Å². The van der Waals surface area contributed by atoms with Crippen molar-refractivity contribution in [1.82, 2.24) is 14.8 Å². The zero-order valence-corrected chi connectivity index (χ0v) is 12.2. The fourth-order valence-corrected chi connectivity index (χ4v) is 3.04. The summed E-state index contributed by atoms with van der Waals surface area (Å²) in [6.07, 6.45) is 5.52. The van der Waals surface area contributed by atoms with Crippen molar-refractivity contribution in [3.05, 3.63) is 16.9 Å². The van der Waals surface area contributed by atoms with Gasteiger partial charge in [-0.3, -0.25) is 4.68 Å². The molecule has 3 heterocycles. The Morgan fingerprint density at radius 3 is 2.83 bits per heavy atom. The molecule has 0 aliphatic carbocycles. The van der Waals surface area contributed by atoms with Crippen molar-refractivity contribution in [2.45, 2.75) is 32.7 Å². The number of anilines is 1. The van der Waals surface area contributed by atoms with Crippen LogP contribution in [0, 0.1) is 0 Å². The Morgan fingerprint density at radius 1 is 1.33 bits per heavy atom. The van der Waals surface area contributed by atoms with Crippen molar-refractivity contribution in [1.29, 1.82) is 0 Å². The van der Waals surface area contributed by atoms with Crippen LogP contribution in [0.5, 0.6) is 0 Å². The van der Waals surface area contributed by atoms with Crippen molar-refractivity contribution < 1.29 is 0 Å². The van der Waals surface area contributed by atoms with Gasteiger partial charge in [-0.05, 0) is 41.3 Å². The molecule has 1 aliphatic heterocycles. The molecule has 0 spiro atoms. The molecule has 0 radical (unpaired) electrons. The van der Waals surface area contributed by atoms with Crippen LogP contribution < -0.4 is 4.90 Å². The Morgan fingerprint density at radius 2 is 2.11 bits per heavy atom. The summed E-state index contributed by atoms with van der Waals surface area (Å²) in [6.45, 7) is 5.41. The summed E-state index contributed by atoms with van der Waals surface area (Å²) in [6, 6.07) is 2.13. The summed E-state index contributed by atoms with van der Waals surface area (Å²) in [4.78, 5) is 6.96. The van der Waals surface area contributed by atoms with Crippen LogP contribution in [0.3, 0.4) is 0 Å². The van der Waals surface area contributed by atoms with E-state index in [1.54, 1.807) is 0 Å². The molecule has 0 saturated carbocycles. The van der Waals surface area contributed by atoms with Gasteiger partial charge in [-0.1, -0.05) is 6.92 Å². The van der Waals surface area contributed by atoms with E-state index in [9.17, 15) is 0 Å². The minimum atomic E-state index is 0.896. The van der Waals surface area contributed by atoms with Gasteiger partial charge in [0.15, 0.2) is 0 Å². The molecule has 18 heavy (non-hydrogen) atoms. The SMILES string of the molecule is CCCn1ncc2nc(Br)cc(N3CCCC3)c21. The lowest BCUT2D eigenvalue weighted by Crippen LogP contribution is -2.19. The van der Waals surface area contributed by atoms with E-state index in [0.29, 0.717) is 0 Å². The number of hydrogen-bond acceptors (Lipinski definition) is 3. The van der Waals surface area contributed by atoms with Crippen LogP contribution in [0.15, 0.2) is 16.9 Å². The van der Waals surface area contributed by atoms with Gasteiger partial charge in [0.1, 0.15) is 15.6 Å². The van der Waals surface area contributed by atoms with E-state index in [0.717, 1.165) is 36.2 Å². The van der Waals surface area contributed by atoms with E-state index >= 15 is 0 Å². The first-order valence-corrected chi connectivity index (χ1v) is 7.36. The van der Waals surface area contributed by atoms with E-state index < -0.39 is 0 Å². The highest BCUT2D eigenvalue weighted by atomic mass is 79.9. The van der Waals surface area contributed by atoms with Crippen LogP contribution in [0.4, 0.5) is 5.69 Å². The van der Waals surface area contributed by atoms with Gasteiger partial charge in [0.25, 0.3) is 0 Å². The zero-order chi connectivity index (χ0) is 12.5. The summed E-state index contributed by atoms with van der Waals surface area (Å²) < 4.78 is 2.98. The topological polar surface area (TPSA) is 34.0 Å². The number of hydrogen-bond donors (Lipinski definition) is 0. The molecular formula is C13H17BrN4. The van der Waals surface area contributed by atoms with Crippen LogP contribution in [0.1, 0.15) is 26.2 Å². The highest BCUT2D eigenvalue weighted by Gasteiger charge is 2.19. The fourth-order valence-electron chi connectivity index (χ4n) is 2.63. The fraction of sp³-hybridized carbons (Fsp3) is 0.538. The van der Waals surface area contributed by atoms with E-state index in [1.165, 1.54) is 24.0 Å². The molecule has 2 aromatic rings. The van der Waals surface area contributed by atoms with Gasteiger partial charge in [-0.25, -0.2) is 4.98 Å². The molecule has 0 amide bonds. The molecule has 0 unspecified atom stereocenters. The third-order valence-corrected chi connectivity index (χ3v) is 3.83. The van der Waals surface area contributed by atoms with Gasteiger partial charge in [0.05, 0.1) is 11.9 Å². The van der Waals surface area contributed by atoms with Gasteiger partial charge in [-0.2, -0.15) is 5.10 Å². The number of aryl methyl sites for hydroxylation is 1. The maximum atomic E-state index is 4.52. The second-order valence-electron chi connectivity index (χ2n) is 4.76. The molecule has 2 aromatic heterocycles. The third kappa shape index (κ3) is 2.00. The Bertz CT molecular complexity index is 557. The second kappa shape index (κ2) is 4.88. The lowest BCUT2D eigenvalue weighted by atomic mass is 10.3. The van der Waals surface area contributed by atoms with Gasteiger partial charge in [0, 0.05) is 19.6 Å². The van der Waals surface area contributed by atoms with Gasteiger partial charge < -0.3 is 4.90 Å². The summed E-state index contributed by atoms with van der Waals surface area (Å²) >= 11 is 3.50. The number of halogens is 1. The molecule has 0 aromatic carbocycles. The van der Waals surface area contributed by atoms with Crippen LogP contribution in [0.25, 0.3) is 11.0 Å². The van der Waals surface area contributed by atoms with E-state index in [2.05, 4.69) is 48.6 Å². The minimum absolute atomic E-state index is 0.896. The molecular weight excluding hydrogens is 292 g/mol. The highest BCUT2D eigenvalue weighted by Crippen LogP contribution is 2.31. The predicted octanol–water partition coefficient (Wildman–Crippen LogP) is 3.20. The van der Waals surface area contributed by atoms with Crippen molar-refractivity contribution in [3.63, 3.8) is 0 Å². The first-order valence-electron chi connectivity index (χ1n) is 6.56. The average Bonchev–Trinajstić information content (AvgIpc) is 2.98. The first kappa shape index (κ1) is 12.0. The molecule has 4 nitrogen and oxygen atoms in total. The normalized spacial score (nSPS) is 15.8. The summed E-state index contributed by atoms with van der Waals surface area (Å²) in [5, 5.41) is 4.46. The first-order chi connectivity index (χ1) is 8.79. The van der Waals surface area contributed by atoms with E-state index in [1.807, 2.05) is 6.20 Å². The van der Waals surface area contributed by atoms with Crippen molar-refractivity contribution >= 4 is 32.7 Å². The van der Waals surface area contributed by atoms with E-state index in [4.69, 9.17) is 0 Å². The molecule has 0 atom stereocenters. The largest absolute Gasteiger partial charge is 0.370 e. The lowest BCUT2D eigenvalue weighted by molar-refractivity contribution is 0.622. The third-order valence-electron chi connectivity index (χ3n) is 3.43. The monoisotopic (exact) mass is 308 g/mol. The molecule has 1 saturated heterocycles. The van der Waals surface area contributed by atoms with Crippen LogP contribution in [0.2, 0.25) is 0 Å². The Kier molecular flexibility index (Phi) is 3.24. The van der Waals surface area contributed by atoms with Crippen LogP contribution in [-0.4, -0.2) is 27.9 Å². The summed E-state index contributed by atoms with van der Waals surface area (Å²) in [5.41, 5.74) is 3.44.